The maximum absolute atomic E-state index is 5.83. The van der Waals surface area contributed by atoms with E-state index < -0.39 is 0 Å². The highest BCUT2D eigenvalue weighted by Gasteiger charge is 2.28. The van der Waals surface area contributed by atoms with Crippen LogP contribution in [0.2, 0.25) is 0 Å². The topological polar surface area (TPSA) is 9.23 Å². The SMILES string of the molecule is BrCCC1CC(OCc2ccccc2)C1. The van der Waals surface area contributed by atoms with Crippen molar-refractivity contribution in [2.24, 2.45) is 5.92 Å². The molecule has 15 heavy (non-hydrogen) atoms. The van der Waals surface area contributed by atoms with Crippen molar-refractivity contribution in [1.82, 2.24) is 0 Å². The van der Waals surface area contributed by atoms with E-state index in [2.05, 4.69) is 40.2 Å². The Morgan fingerprint density at radius 1 is 1.20 bits per heavy atom. The van der Waals surface area contributed by atoms with Crippen LogP contribution >= 0.6 is 15.9 Å². The van der Waals surface area contributed by atoms with E-state index in [0.717, 1.165) is 17.9 Å². The van der Waals surface area contributed by atoms with Crippen LogP contribution in [0, 0.1) is 5.92 Å². The van der Waals surface area contributed by atoms with Crippen LogP contribution in [0.25, 0.3) is 0 Å². The Hall–Kier alpha value is -0.340. The fraction of sp³-hybridized carbons (Fsp3) is 0.538. The highest BCUT2D eigenvalue weighted by molar-refractivity contribution is 9.09. The summed E-state index contributed by atoms with van der Waals surface area (Å²) in [6.07, 6.45) is 4.30. The Labute approximate surface area is 100.0 Å². The number of halogens is 1. The van der Waals surface area contributed by atoms with E-state index in [9.17, 15) is 0 Å². The van der Waals surface area contributed by atoms with Crippen LogP contribution in [0.5, 0.6) is 0 Å². The first-order valence-corrected chi connectivity index (χ1v) is 6.72. The van der Waals surface area contributed by atoms with Crippen LogP contribution in [0.4, 0.5) is 0 Å². The fourth-order valence-corrected chi connectivity index (χ4v) is 2.64. The third kappa shape index (κ3) is 3.32. The number of hydrogen-bond acceptors (Lipinski definition) is 1. The van der Waals surface area contributed by atoms with Gasteiger partial charge in [0.05, 0.1) is 12.7 Å². The molecule has 1 saturated carbocycles. The molecule has 82 valence electrons. The summed E-state index contributed by atoms with van der Waals surface area (Å²) in [4.78, 5) is 0. The first-order valence-electron chi connectivity index (χ1n) is 5.60. The van der Waals surface area contributed by atoms with Crippen LogP contribution in [0.1, 0.15) is 24.8 Å². The van der Waals surface area contributed by atoms with Crippen LogP contribution < -0.4 is 0 Å². The molecule has 1 aliphatic carbocycles. The van der Waals surface area contributed by atoms with Gasteiger partial charge in [-0.05, 0) is 30.7 Å². The second kappa shape index (κ2) is 5.66. The molecule has 0 heterocycles. The molecule has 0 saturated heterocycles. The van der Waals surface area contributed by atoms with E-state index in [1.807, 2.05) is 6.07 Å². The van der Waals surface area contributed by atoms with Gasteiger partial charge in [0.1, 0.15) is 0 Å². The summed E-state index contributed by atoms with van der Waals surface area (Å²) in [5.74, 6) is 0.894. The minimum absolute atomic E-state index is 0.509. The highest BCUT2D eigenvalue weighted by atomic mass is 79.9. The van der Waals surface area contributed by atoms with Crippen LogP contribution in [0.3, 0.4) is 0 Å². The van der Waals surface area contributed by atoms with Crippen LogP contribution in [0.15, 0.2) is 30.3 Å². The lowest BCUT2D eigenvalue weighted by molar-refractivity contribution is -0.0405. The predicted octanol–water partition coefficient (Wildman–Crippen LogP) is 3.77. The molecule has 0 amide bonds. The van der Waals surface area contributed by atoms with Crippen molar-refractivity contribution in [2.45, 2.75) is 32.0 Å². The molecule has 0 atom stereocenters. The minimum atomic E-state index is 0.509. The summed E-state index contributed by atoms with van der Waals surface area (Å²) in [7, 11) is 0. The minimum Gasteiger partial charge on any atom is -0.374 e. The van der Waals surface area contributed by atoms with Gasteiger partial charge in [0.25, 0.3) is 0 Å². The number of ether oxygens (including phenoxy) is 1. The average Bonchev–Trinajstić information content (AvgIpc) is 2.23. The van der Waals surface area contributed by atoms with E-state index in [4.69, 9.17) is 4.74 Å². The van der Waals surface area contributed by atoms with E-state index in [0.29, 0.717) is 6.10 Å². The van der Waals surface area contributed by atoms with Gasteiger partial charge in [0, 0.05) is 5.33 Å². The molecule has 0 spiro atoms. The molecule has 1 aromatic rings. The molecule has 0 bridgehead atoms. The number of benzene rings is 1. The zero-order valence-electron chi connectivity index (χ0n) is 8.86. The Kier molecular flexibility index (Phi) is 4.21. The lowest BCUT2D eigenvalue weighted by Gasteiger charge is -2.34. The maximum Gasteiger partial charge on any atom is 0.0720 e. The Balaban J connectivity index is 1.64. The molecule has 0 aromatic heterocycles. The van der Waals surface area contributed by atoms with E-state index in [-0.39, 0.29) is 0 Å². The largest absolute Gasteiger partial charge is 0.374 e. The van der Waals surface area contributed by atoms with Crippen LogP contribution in [-0.4, -0.2) is 11.4 Å². The van der Waals surface area contributed by atoms with Crippen molar-refractivity contribution in [3.63, 3.8) is 0 Å². The first kappa shape index (κ1) is 11.2. The summed E-state index contributed by atoms with van der Waals surface area (Å²) >= 11 is 3.48. The molecular weight excluding hydrogens is 252 g/mol. The van der Waals surface area contributed by atoms with Gasteiger partial charge in [-0.3, -0.25) is 0 Å². The normalized spacial score (nSPS) is 24.9. The molecule has 0 unspecified atom stereocenters. The zero-order chi connectivity index (χ0) is 10.5. The maximum atomic E-state index is 5.83. The lowest BCUT2D eigenvalue weighted by Crippen LogP contribution is -2.31. The van der Waals surface area contributed by atoms with E-state index in [1.54, 1.807) is 0 Å². The van der Waals surface area contributed by atoms with Crippen molar-refractivity contribution in [3.8, 4) is 0 Å². The number of rotatable bonds is 5. The summed E-state index contributed by atoms with van der Waals surface area (Å²) in [6.45, 7) is 0.770. The molecule has 1 fully saturated rings. The molecule has 2 rings (SSSR count). The summed E-state index contributed by atoms with van der Waals surface area (Å²) in [5, 5.41) is 1.13. The average molecular weight is 269 g/mol. The van der Waals surface area contributed by atoms with Gasteiger partial charge in [0.15, 0.2) is 0 Å². The summed E-state index contributed by atoms with van der Waals surface area (Å²) < 4.78 is 5.83. The molecular formula is C13H17BrO. The number of alkyl halides is 1. The molecule has 1 aromatic carbocycles. The van der Waals surface area contributed by atoms with Crippen LogP contribution in [-0.2, 0) is 11.3 Å². The molecule has 0 N–H and O–H groups in total. The number of hydrogen-bond donors (Lipinski definition) is 0. The van der Waals surface area contributed by atoms with Crippen molar-refractivity contribution in [3.05, 3.63) is 35.9 Å². The van der Waals surface area contributed by atoms with Crippen molar-refractivity contribution in [1.29, 1.82) is 0 Å². The standard InChI is InChI=1S/C13H17BrO/c14-7-6-12-8-13(9-12)15-10-11-4-2-1-3-5-11/h1-5,12-13H,6-10H2. The zero-order valence-corrected chi connectivity index (χ0v) is 10.4. The first-order chi connectivity index (χ1) is 7.38. The lowest BCUT2D eigenvalue weighted by atomic mass is 9.80. The highest BCUT2D eigenvalue weighted by Crippen LogP contribution is 2.33. The molecule has 0 aliphatic heterocycles. The molecule has 2 heteroatoms. The van der Waals surface area contributed by atoms with Gasteiger partial charge < -0.3 is 4.74 Å². The van der Waals surface area contributed by atoms with Gasteiger partial charge in [-0.25, -0.2) is 0 Å². The summed E-state index contributed by atoms with van der Waals surface area (Å²) in [6, 6.07) is 10.4. The quantitative estimate of drug-likeness (QED) is 0.739. The molecule has 1 nitrogen and oxygen atoms in total. The molecule has 0 radical (unpaired) electrons. The molecule has 1 aliphatic rings. The van der Waals surface area contributed by atoms with Gasteiger partial charge in [-0.1, -0.05) is 46.3 Å². The van der Waals surface area contributed by atoms with Crippen molar-refractivity contribution in [2.75, 3.05) is 5.33 Å². The van der Waals surface area contributed by atoms with Gasteiger partial charge >= 0.3 is 0 Å². The Morgan fingerprint density at radius 2 is 1.93 bits per heavy atom. The van der Waals surface area contributed by atoms with Crippen molar-refractivity contribution >= 4 is 15.9 Å². The third-order valence-electron chi connectivity index (χ3n) is 3.04. The summed E-state index contributed by atoms with van der Waals surface area (Å²) in [5.41, 5.74) is 1.28. The third-order valence-corrected chi connectivity index (χ3v) is 3.50. The fourth-order valence-electron chi connectivity index (χ4n) is 1.99. The Bertz CT molecular complexity index is 280. The second-order valence-corrected chi connectivity index (χ2v) is 5.03. The predicted molar refractivity (Wildman–Crippen MR) is 66.2 cm³/mol. The monoisotopic (exact) mass is 268 g/mol. The van der Waals surface area contributed by atoms with E-state index in [1.165, 1.54) is 24.8 Å². The van der Waals surface area contributed by atoms with Crippen molar-refractivity contribution < 1.29 is 4.74 Å². The van der Waals surface area contributed by atoms with Gasteiger partial charge in [-0.15, -0.1) is 0 Å². The smallest absolute Gasteiger partial charge is 0.0720 e. The van der Waals surface area contributed by atoms with E-state index >= 15 is 0 Å². The van der Waals surface area contributed by atoms with Gasteiger partial charge in [-0.2, -0.15) is 0 Å². The Morgan fingerprint density at radius 3 is 2.60 bits per heavy atom. The van der Waals surface area contributed by atoms with Gasteiger partial charge in [0.2, 0.25) is 0 Å². The second-order valence-electron chi connectivity index (χ2n) is 4.23.